The molecule has 0 aliphatic heterocycles. The molecule has 0 radical (unpaired) electrons. The summed E-state index contributed by atoms with van der Waals surface area (Å²) in [6, 6.07) is 1.90. The van der Waals surface area contributed by atoms with Gasteiger partial charge < -0.3 is 10.1 Å². The van der Waals surface area contributed by atoms with Crippen molar-refractivity contribution < 1.29 is 5.11 Å². The summed E-state index contributed by atoms with van der Waals surface area (Å²) in [7, 11) is 0. The number of aromatic amines is 1. The third-order valence-corrected chi connectivity index (χ3v) is 1.76. The molecule has 1 aromatic heterocycles. The van der Waals surface area contributed by atoms with E-state index in [-0.39, 0.29) is 11.5 Å². The molecule has 0 saturated heterocycles. The highest BCUT2D eigenvalue weighted by Crippen LogP contribution is 2.31. The smallest absolute Gasteiger partial charge is 0.0852 e. The molecular formula is C9H15NO. The Balaban J connectivity index is 2.78. The molecule has 2 N–H and O–H groups in total. The summed E-state index contributed by atoms with van der Waals surface area (Å²) in [6.07, 6.45) is 3.27. The summed E-state index contributed by atoms with van der Waals surface area (Å²) in [5.41, 5.74) is 0.875. The van der Waals surface area contributed by atoms with Gasteiger partial charge in [-0.2, -0.15) is 0 Å². The van der Waals surface area contributed by atoms with Crippen LogP contribution in [0.15, 0.2) is 18.5 Å². The Kier molecular flexibility index (Phi) is 2.05. The van der Waals surface area contributed by atoms with Crippen molar-refractivity contribution in [3.63, 3.8) is 0 Å². The summed E-state index contributed by atoms with van der Waals surface area (Å²) < 4.78 is 0. The van der Waals surface area contributed by atoms with Gasteiger partial charge in [0.25, 0.3) is 0 Å². The van der Waals surface area contributed by atoms with Crippen LogP contribution in [-0.2, 0) is 0 Å². The number of hydrogen-bond acceptors (Lipinski definition) is 1. The first-order valence-electron chi connectivity index (χ1n) is 3.82. The van der Waals surface area contributed by atoms with Crippen molar-refractivity contribution in [3.8, 4) is 0 Å². The van der Waals surface area contributed by atoms with Crippen molar-refractivity contribution in [2.75, 3.05) is 0 Å². The average molecular weight is 153 g/mol. The van der Waals surface area contributed by atoms with Crippen LogP contribution in [0.1, 0.15) is 32.4 Å². The maximum Gasteiger partial charge on any atom is 0.0852 e. The van der Waals surface area contributed by atoms with Crippen molar-refractivity contribution >= 4 is 0 Å². The fourth-order valence-electron chi connectivity index (χ4n) is 1.01. The molecule has 1 unspecified atom stereocenters. The Morgan fingerprint density at radius 2 is 2.09 bits per heavy atom. The molecule has 62 valence electrons. The minimum Gasteiger partial charge on any atom is -0.388 e. The van der Waals surface area contributed by atoms with Gasteiger partial charge in [-0.05, 0) is 17.0 Å². The molecular weight excluding hydrogens is 138 g/mol. The topological polar surface area (TPSA) is 36.0 Å². The predicted molar refractivity (Wildman–Crippen MR) is 45.2 cm³/mol. The second-order valence-electron chi connectivity index (χ2n) is 3.91. The van der Waals surface area contributed by atoms with Crippen LogP contribution < -0.4 is 0 Å². The van der Waals surface area contributed by atoms with Gasteiger partial charge in [0.2, 0.25) is 0 Å². The molecule has 2 nitrogen and oxygen atoms in total. The second kappa shape index (κ2) is 2.70. The molecule has 0 bridgehead atoms. The van der Waals surface area contributed by atoms with Gasteiger partial charge in [0.1, 0.15) is 0 Å². The zero-order valence-electron chi connectivity index (χ0n) is 7.26. The van der Waals surface area contributed by atoms with Gasteiger partial charge in [0.05, 0.1) is 6.10 Å². The third kappa shape index (κ3) is 1.84. The summed E-state index contributed by atoms with van der Waals surface area (Å²) in [6.45, 7) is 6.06. The molecule has 0 aliphatic rings. The molecule has 0 spiro atoms. The number of aromatic nitrogens is 1. The molecule has 0 aliphatic carbocycles. The number of rotatable bonds is 1. The van der Waals surface area contributed by atoms with Gasteiger partial charge >= 0.3 is 0 Å². The standard InChI is InChI=1S/C9H15NO/c1-9(2,3)8(11)7-4-5-10-6-7/h4-6,8,10-11H,1-3H3. The Morgan fingerprint density at radius 1 is 1.45 bits per heavy atom. The zero-order valence-corrected chi connectivity index (χ0v) is 7.26. The van der Waals surface area contributed by atoms with Crippen LogP contribution >= 0.6 is 0 Å². The van der Waals surface area contributed by atoms with Gasteiger partial charge in [0.15, 0.2) is 0 Å². The largest absolute Gasteiger partial charge is 0.388 e. The van der Waals surface area contributed by atoms with E-state index < -0.39 is 0 Å². The Bertz CT molecular complexity index is 208. The second-order valence-corrected chi connectivity index (χ2v) is 3.91. The summed E-state index contributed by atoms with van der Waals surface area (Å²) >= 11 is 0. The first kappa shape index (κ1) is 8.34. The maximum atomic E-state index is 9.73. The number of hydrogen-bond donors (Lipinski definition) is 2. The lowest BCUT2D eigenvalue weighted by Gasteiger charge is -2.24. The van der Waals surface area contributed by atoms with E-state index in [9.17, 15) is 5.11 Å². The minimum atomic E-state index is -0.381. The van der Waals surface area contributed by atoms with E-state index in [2.05, 4.69) is 4.98 Å². The third-order valence-electron chi connectivity index (χ3n) is 1.76. The maximum absolute atomic E-state index is 9.73. The summed E-state index contributed by atoms with van der Waals surface area (Å²) in [5.74, 6) is 0. The van der Waals surface area contributed by atoms with Crippen molar-refractivity contribution in [1.29, 1.82) is 0 Å². The lowest BCUT2D eigenvalue weighted by atomic mass is 9.86. The molecule has 1 atom stereocenters. The molecule has 0 amide bonds. The number of aliphatic hydroxyl groups is 1. The summed E-state index contributed by atoms with van der Waals surface area (Å²) in [4.78, 5) is 2.92. The molecule has 0 aromatic carbocycles. The lowest BCUT2D eigenvalue weighted by Crippen LogP contribution is -2.17. The van der Waals surface area contributed by atoms with Crippen LogP contribution in [-0.4, -0.2) is 10.1 Å². The fourth-order valence-corrected chi connectivity index (χ4v) is 1.01. The molecule has 0 saturated carbocycles. The van der Waals surface area contributed by atoms with E-state index in [4.69, 9.17) is 0 Å². The van der Waals surface area contributed by atoms with Crippen molar-refractivity contribution in [2.45, 2.75) is 26.9 Å². The van der Waals surface area contributed by atoms with E-state index in [1.54, 1.807) is 0 Å². The van der Waals surface area contributed by atoms with Gasteiger partial charge in [-0.3, -0.25) is 0 Å². The van der Waals surface area contributed by atoms with Gasteiger partial charge in [0, 0.05) is 12.4 Å². The summed E-state index contributed by atoms with van der Waals surface area (Å²) in [5, 5.41) is 9.73. The van der Waals surface area contributed by atoms with Crippen LogP contribution in [0.2, 0.25) is 0 Å². The fraction of sp³-hybridized carbons (Fsp3) is 0.556. The Morgan fingerprint density at radius 3 is 2.45 bits per heavy atom. The van der Waals surface area contributed by atoms with Gasteiger partial charge in [-0.15, -0.1) is 0 Å². The SMILES string of the molecule is CC(C)(C)C(O)c1cc[nH]c1. The van der Waals surface area contributed by atoms with E-state index >= 15 is 0 Å². The van der Waals surface area contributed by atoms with Crippen molar-refractivity contribution in [2.24, 2.45) is 5.41 Å². The van der Waals surface area contributed by atoms with Crippen molar-refractivity contribution in [3.05, 3.63) is 24.0 Å². The van der Waals surface area contributed by atoms with Crippen LogP contribution in [0.5, 0.6) is 0 Å². The molecule has 1 heterocycles. The molecule has 0 fully saturated rings. The number of nitrogens with one attached hydrogen (secondary N) is 1. The monoisotopic (exact) mass is 153 g/mol. The van der Waals surface area contributed by atoms with Crippen LogP contribution in [0, 0.1) is 5.41 Å². The Labute approximate surface area is 67.3 Å². The molecule has 1 aromatic rings. The Hall–Kier alpha value is -0.760. The highest BCUT2D eigenvalue weighted by molar-refractivity contribution is 5.13. The van der Waals surface area contributed by atoms with E-state index in [1.807, 2.05) is 39.2 Å². The molecule has 11 heavy (non-hydrogen) atoms. The van der Waals surface area contributed by atoms with E-state index in [0.717, 1.165) is 5.56 Å². The number of H-pyrrole nitrogens is 1. The lowest BCUT2D eigenvalue weighted by molar-refractivity contribution is 0.0628. The quantitative estimate of drug-likeness (QED) is 0.636. The number of aliphatic hydroxyl groups excluding tert-OH is 1. The average Bonchev–Trinajstić information content (AvgIpc) is 2.34. The van der Waals surface area contributed by atoms with Crippen molar-refractivity contribution in [1.82, 2.24) is 4.98 Å². The highest BCUT2D eigenvalue weighted by Gasteiger charge is 2.23. The van der Waals surface area contributed by atoms with Crippen LogP contribution in [0.3, 0.4) is 0 Å². The van der Waals surface area contributed by atoms with E-state index in [0.29, 0.717) is 0 Å². The van der Waals surface area contributed by atoms with Gasteiger partial charge in [-0.1, -0.05) is 20.8 Å². The predicted octanol–water partition coefficient (Wildman–Crippen LogP) is 2.09. The molecule has 1 rings (SSSR count). The first-order chi connectivity index (χ1) is 5.02. The normalized spacial score (nSPS) is 14.9. The molecule has 2 heteroatoms. The minimum absolute atomic E-state index is 0.0812. The highest BCUT2D eigenvalue weighted by atomic mass is 16.3. The first-order valence-corrected chi connectivity index (χ1v) is 3.82. The van der Waals surface area contributed by atoms with Crippen LogP contribution in [0.25, 0.3) is 0 Å². The van der Waals surface area contributed by atoms with Gasteiger partial charge in [-0.25, -0.2) is 0 Å². The zero-order chi connectivity index (χ0) is 8.48. The van der Waals surface area contributed by atoms with E-state index in [1.165, 1.54) is 0 Å². The van der Waals surface area contributed by atoms with Crippen LogP contribution in [0.4, 0.5) is 0 Å².